The van der Waals surface area contributed by atoms with Crippen LogP contribution in [-0.2, 0) is 0 Å². The van der Waals surface area contributed by atoms with Gasteiger partial charge in [-0.25, -0.2) is 4.98 Å². The molecule has 0 bridgehead atoms. The Morgan fingerprint density at radius 1 is 1.29 bits per heavy atom. The number of rotatable bonds is 2. The van der Waals surface area contributed by atoms with Gasteiger partial charge in [0.25, 0.3) is 0 Å². The molecule has 2 aliphatic rings. The largest absolute Gasteiger partial charge is 0.367 e. The van der Waals surface area contributed by atoms with E-state index in [2.05, 4.69) is 34.3 Å². The quantitative estimate of drug-likeness (QED) is 0.847. The van der Waals surface area contributed by atoms with Crippen LogP contribution in [0.25, 0.3) is 0 Å². The molecule has 3 nitrogen and oxygen atoms in total. The molecule has 2 aliphatic heterocycles. The van der Waals surface area contributed by atoms with E-state index in [1.54, 1.807) is 0 Å². The van der Waals surface area contributed by atoms with Gasteiger partial charge in [0, 0.05) is 24.8 Å². The van der Waals surface area contributed by atoms with Gasteiger partial charge >= 0.3 is 0 Å². The number of hydrogen-bond acceptors (Lipinski definition) is 3. The van der Waals surface area contributed by atoms with Crippen LogP contribution in [0.2, 0.25) is 0 Å². The first-order chi connectivity index (χ1) is 8.31. The van der Waals surface area contributed by atoms with E-state index in [4.69, 9.17) is 0 Å². The van der Waals surface area contributed by atoms with Gasteiger partial charge in [-0.05, 0) is 50.8 Å². The van der Waals surface area contributed by atoms with E-state index in [0.29, 0.717) is 6.04 Å². The Morgan fingerprint density at radius 3 is 3.06 bits per heavy atom. The highest BCUT2D eigenvalue weighted by atomic mass is 15.2. The van der Waals surface area contributed by atoms with Crippen LogP contribution < -0.4 is 5.32 Å². The lowest BCUT2D eigenvalue weighted by Crippen LogP contribution is -2.42. The summed E-state index contributed by atoms with van der Waals surface area (Å²) in [5, 5.41) is 3.58. The van der Waals surface area contributed by atoms with Crippen LogP contribution in [0.1, 0.15) is 31.2 Å². The van der Waals surface area contributed by atoms with Gasteiger partial charge in [0.2, 0.25) is 0 Å². The maximum absolute atomic E-state index is 4.43. The summed E-state index contributed by atoms with van der Waals surface area (Å²) < 4.78 is 0. The molecular weight excluding hydrogens is 210 g/mol. The number of piperidine rings is 1. The van der Waals surface area contributed by atoms with E-state index in [9.17, 15) is 0 Å². The van der Waals surface area contributed by atoms with Crippen LogP contribution in [0.5, 0.6) is 0 Å². The predicted molar refractivity (Wildman–Crippen MR) is 70.2 cm³/mol. The average Bonchev–Trinajstić information content (AvgIpc) is 2.79. The topological polar surface area (TPSA) is 28.2 Å². The highest BCUT2D eigenvalue weighted by molar-refractivity contribution is 5.36. The Morgan fingerprint density at radius 2 is 2.24 bits per heavy atom. The number of nitrogens with one attached hydrogen (secondary N) is 1. The molecule has 0 spiro atoms. The number of hydrogen-bond donors (Lipinski definition) is 1. The van der Waals surface area contributed by atoms with E-state index in [1.807, 2.05) is 6.20 Å². The number of aromatic nitrogens is 1. The third-order valence-corrected chi connectivity index (χ3v) is 4.08. The lowest BCUT2D eigenvalue weighted by Gasteiger charge is -2.35. The Bertz CT molecular complexity index is 374. The molecule has 2 saturated heterocycles. The highest BCUT2D eigenvalue weighted by Gasteiger charge is 2.31. The zero-order chi connectivity index (χ0) is 11.7. The average molecular weight is 231 g/mol. The number of aryl methyl sites for hydroxylation is 1. The molecule has 3 rings (SSSR count). The molecular formula is C14H21N3. The molecule has 1 aromatic rings. The summed E-state index contributed by atoms with van der Waals surface area (Å²) in [6.07, 6.45) is 7.26. The van der Waals surface area contributed by atoms with Crippen LogP contribution in [0.4, 0.5) is 5.82 Å². The van der Waals surface area contributed by atoms with Gasteiger partial charge in [-0.3, -0.25) is 0 Å². The Kier molecular flexibility index (Phi) is 3.02. The van der Waals surface area contributed by atoms with Gasteiger partial charge in [0.1, 0.15) is 5.82 Å². The van der Waals surface area contributed by atoms with Gasteiger partial charge in [-0.1, -0.05) is 6.07 Å². The van der Waals surface area contributed by atoms with Crippen LogP contribution in [0, 0.1) is 6.92 Å². The highest BCUT2D eigenvalue weighted by Crippen LogP contribution is 2.28. The van der Waals surface area contributed by atoms with Crippen molar-refractivity contribution in [3.05, 3.63) is 23.9 Å². The molecule has 92 valence electrons. The number of nitrogens with zero attached hydrogens (tertiary/aromatic N) is 2. The van der Waals surface area contributed by atoms with E-state index in [0.717, 1.165) is 11.9 Å². The molecule has 0 aliphatic carbocycles. The lowest BCUT2D eigenvalue weighted by molar-refractivity contribution is 0.188. The van der Waals surface area contributed by atoms with Gasteiger partial charge in [0.05, 0.1) is 0 Å². The summed E-state index contributed by atoms with van der Waals surface area (Å²) >= 11 is 0. The minimum Gasteiger partial charge on any atom is -0.367 e. The third-order valence-electron chi connectivity index (χ3n) is 4.08. The lowest BCUT2D eigenvalue weighted by atomic mass is 9.97. The molecule has 0 radical (unpaired) electrons. The fraction of sp³-hybridized carbons (Fsp3) is 0.643. The minimum atomic E-state index is 0.615. The molecule has 2 atom stereocenters. The van der Waals surface area contributed by atoms with Gasteiger partial charge in [0.15, 0.2) is 0 Å². The molecule has 3 heteroatoms. The predicted octanol–water partition coefficient (Wildman–Crippen LogP) is 2.43. The molecule has 1 N–H and O–H groups in total. The summed E-state index contributed by atoms with van der Waals surface area (Å²) in [7, 11) is 0. The van der Waals surface area contributed by atoms with Crippen LogP contribution in [0.3, 0.4) is 0 Å². The van der Waals surface area contributed by atoms with E-state index in [1.165, 1.54) is 44.3 Å². The van der Waals surface area contributed by atoms with Crippen molar-refractivity contribution >= 4 is 5.82 Å². The van der Waals surface area contributed by atoms with E-state index in [-0.39, 0.29) is 0 Å². The van der Waals surface area contributed by atoms with Crippen molar-refractivity contribution in [3.63, 3.8) is 0 Å². The molecule has 0 saturated carbocycles. The van der Waals surface area contributed by atoms with E-state index < -0.39 is 0 Å². The molecule has 2 fully saturated rings. The number of pyridine rings is 1. The van der Waals surface area contributed by atoms with Gasteiger partial charge < -0.3 is 10.2 Å². The van der Waals surface area contributed by atoms with Crippen LogP contribution >= 0.6 is 0 Å². The normalized spacial score (nSPS) is 29.0. The fourth-order valence-electron chi connectivity index (χ4n) is 3.12. The minimum absolute atomic E-state index is 0.615. The SMILES string of the molecule is Cc1ccc(NC2CCN3CCCC3C2)nc1. The Hall–Kier alpha value is -1.09. The number of anilines is 1. The van der Waals surface area contributed by atoms with Gasteiger partial charge in [-0.2, -0.15) is 0 Å². The summed E-state index contributed by atoms with van der Waals surface area (Å²) in [6.45, 7) is 4.65. The maximum atomic E-state index is 4.43. The van der Waals surface area contributed by atoms with Crippen molar-refractivity contribution in [1.29, 1.82) is 0 Å². The number of fused-ring (bicyclic) bond motifs is 1. The Balaban J connectivity index is 1.60. The second-order valence-corrected chi connectivity index (χ2v) is 5.42. The monoisotopic (exact) mass is 231 g/mol. The van der Waals surface area contributed by atoms with Gasteiger partial charge in [-0.15, -0.1) is 0 Å². The standard InChI is InChI=1S/C14H21N3/c1-11-4-5-14(15-10-11)16-12-6-8-17-7-2-3-13(17)9-12/h4-5,10,12-13H,2-3,6-9H2,1H3,(H,15,16). The fourth-order valence-corrected chi connectivity index (χ4v) is 3.12. The smallest absolute Gasteiger partial charge is 0.126 e. The first kappa shape index (κ1) is 11.0. The molecule has 17 heavy (non-hydrogen) atoms. The van der Waals surface area contributed by atoms with Crippen molar-refractivity contribution in [2.75, 3.05) is 18.4 Å². The Labute approximate surface area is 103 Å². The molecule has 2 unspecified atom stereocenters. The summed E-state index contributed by atoms with van der Waals surface area (Å²) in [5.41, 5.74) is 1.22. The summed E-state index contributed by atoms with van der Waals surface area (Å²) in [4.78, 5) is 7.09. The van der Waals surface area contributed by atoms with Crippen molar-refractivity contribution in [1.82, 2.24) is 9.88 Å². The maximum Gasteiger partial charge on any atom is 0.126 e. The summed E-state index contributed by atoms with van der Waals surface area (Å²) in [6, 6.07) is 5.66. The zero-order valence-electron chi connectivity index (χ0n) is 10.5. The second-order valence-electron chi connectivity index (χ2n) is 5.42. The second kappa shape index (κ2) is 4.65. The van der Waals surface area contributed by atoms with Crippen molar-refractivity contribution < 1.29 is 0 Å². The molecule has 0 aromatic carbocycles. The summed E-state index contributed by atoms with van der Waals surface area (Å²) in [5.74, 6) is 1.03. The first-order valence-electron chi connectivity index (χ1n) is 6.74. The van der Waals surface area contributed by atoms with E-state index >= 15 is 0 Å². The molecule has 0 amide bonds. The van der Waals surface area contributed by atoms with Crippen LogP contribution in [-0.4, -0.2) is 35.1 Å². The van der Waals surface area contributed by atoms with Crippen molar-refractivity contribution in [2.45, 2.75) is 44.7 Å². The van der Waals surface area contributed by atoms with Crippen molar-refractivity contribution in [2.24, 2.45) is 0 Å². The van der Waals surface area contributed by atoms with Crippen LogP contribution in [0.15, 0.2) is 18.3 Å². The molecule has 3 heterocycles. The third kappa shape index (κ3) is 2.44. The first-order valence-corrected chi connectivity index (χ1v) is 6.74. The molecule has 1 aromatic heterocycles. The van der Waals surface area contributed by atoms with Crippen molar-refractivity contribution in [3.8, 4) is 0 Å². The zero-order valence-corrected chi connectivity index (χ0v) is 10.5.